The second kappa shape index (κ2) is 9.49. The Morgan fingerprint density at radius 1 is 1.30 bits per heavy atom. The Morgan fingerprint density at radius 3 is 2.78 bits per heavy atom. The number of pyridine rings is 1. The van der Waals surface area contributed by atoms with Gasteiger partial charge in [0.15, 0.2) is 0 Å². The summed E-state index contributed by atoms with van der Waals surface area (Å²) in [6.45, 7) is 1.90. The van der Waals surface area contributed by atoms with E-state index in [4.69, 9.17) is 9.47 Å². The van der Waals surface area contributed by atoms with Gasteiger partial charge < -0.3 is 20.1 Å². The highest BCUT2D eigenvalue weighted by Crippen LogP contribution is 2.19. The lowest BCUT2D eigenvalue weighted by Gasteiger charge is -2.08. The minimum absolute atomic E-state index is 0.213. The highest BCUT2D eigenvalue weighted by atomic mass is 79.9. The first-order chi connectivity index (χ1) is 11.2. The number of nitrogens with one attached hydrogen (secondary N) is 2. The summed E-state index contributed by atoms with van der Waals surface area (Å²) in [5.74, 6) is 0.540. The largest absolute Gasteiger partial charge is 0.475 e. The van der Waals surface area contributed by atoms with Crippen molar-refractivity contribution in [3.63, 3.8) is 0 Å². The van der Waals surface area contributed by atoms with Crippen LogP contribution in [0.15, 0.2) is 34.2 Å². The molecule has 0 saturated heterocycles. The van der Waals surface area contributed by atoms with Crippen LogP contribution in [0.5, 0.6) is 5.88 Å². The van der Waals surface area contributed by atoms with Crippen LogP contribution < -0.4 is 15.4 Å². The average Bonchev–Trinajstić information content (AvgIpc) is 2.98. The van der Waals surface area contributed by atoms with E-state index in [1.54, 1.807) is 30.7 Å². The van der Waals surface area contributed by atoms with Gasteiger partial charge in [0.05, 0.1) is 13.2 Å². The van der Waals surface area contributed by atoms with Crippen LogP contribution in [-0.2, 0) is 17.8 Å². The first-order valence-electron chi connectivity index (χ1n) is 6.98. The molecule has 0 spiro atoms. The zero-order valence-electron chi connectivity index (χ0n) is 12.7. The van der Waals surface area contributed by atoms with Gasteiger partial charge >= 0.3 is 6.03 Å². The molecular weight excluding hydrogens is 382 g/mol. The number of carbonyl (C=O) groups excluding carboxylic acids is 1. The van der Waals surface area contributed by atoms with E-state index in [0.29, 0.717) is 32.2 Å². The van der Waals surface area contributed by atoms with E-state index in [0.717, 1.165) is 14.9 Å². The van der Waals surface area contributed by atoms with Gasteiger partial charge in [0.2, 0.25) is 5.88 Å². The van der Waals surface area contributed by atoms with Crippen LogP contribution in [0.3, 0.4) is 0 Å². The number of methoxy groups -OCH3 is 1. The first-order valence-corrected chi connectivity index (χ1v) is 8.66. The normalized spacial score (nSPS) is 10.3. The van der Waals surface area contributed by atoms with E-state index in [1.165, 1.54) is 0 Å². The highest BCUT2D eigenvalue weighted by molar-refractivity contribution is 9.10. The van der Waals surface area contributed by atoms with Gasteiger partial charge in [-0.15, -0.1) is 11.3 Å². The van der Waals surface area contributed by atoms with Crippen molar-refractivity contribution >= 4 is 33.3 Å². The highest BCUT2D eigenvalue weighted by Gasteiger charge is 2.03. The summed E-state index contributed by atoms with van der Waals surface area (Å²) in [6, 6.07) is 5.41. The topological polar surface area (TPSA) is 72.5 Å². The number of carbonyl (C=O) groups is 1. The molecule has 0 aliphatic rings. The Hall–Kier alpha value is -1.64. The van der Waals surface area contributed by atoms with Gasteiger partial charge in [-0.1, -0.05) is 6.07 Å². The van der Waals surface area contributed by atoms with Crippen LogP contribution in [0.25, 0.3) is 0 Å². The van der Waals surface area contributed by atoms with Gasteiger partial charge in [-0.05, 0) is 27.6 Å². The van der Waals surface area contributed by atoms with Gasteiger partial charge in [-0.25, -0.2) is 9.78 Å². The molecule has 6 nitrogen and oxygen atoms in total. The van der Waals surface area contributed by atoms with Crippen molar-refractivity contribution < 1.29 is 14.3 Å². The van der Waals surface area contributed by atoms with E-state index >= 15 is 0 Å². The van der Waals surface area contributed by atoms with E-state index in [1.807, 2.05) is 17.5 Å². The predicted octanol–water partition coefficient (Wildman–Crippen LogP) is 2.93. The fourth-order valence-electron chi connectivity index (χ4n) is 1.69. The molecule has 23 heavy (non-hydrogen) atoms. The molecule has 0 bridgehead atoms. The quantitative estimate of drug-likeness (QED) is 0.669. The van der Waals surface area contributed by atoms with Crippen LogP contribution in [-0.4, -0.2) is 31.3 Å². The molecule has 0 aromatic carbocycles. The number of hydrogen-bond acceptors (Lipinski definition) is 5. The Kier molecular flexibility index (Phi) is 7.31. The Bertz CT molecular complexity index is 619. The molecule has 2 heterocycles. The van der Waals surface area contributed by atoms with Gasteiger partial charge in [-0.3, -0.25) is 0 Å². The fourth-order valence-corrected chi connectivity index (χ4v) is 3.08. The molecule has 2 rings (SSSR count). The van der Waals surface area contributed by atoms with E-state index < -0.39 is 0 Å². The van der Waals surface area contributed by atoms with Crippen LogP contribution in [0.1, 0.15) is 10.4 Å². The number of amides is 2. The molecule has 2 aromatic heterocycles. The van der Waals surface area contributed by atoms with E-state index in [-0.39, 0.29) is 6.03 Å². The number of urea groups is 1. The number of thiophene rings is 1. The minimum Gasteiger partial charge on any atom is -0.475 e. The SMILES string of the molecule is COCCOc1ccc(CNC(=O)NCc2cc(Br)cs2)cn1. The summed E-state index contributed by atoms with van der Waals surface area (Å²) < 4.78 is 11.3. The van der Waals surface area contributed by atoms with Crippen LogP contribution in [0.4, 0.5) is 4.79 Å². The van der Waals surface area contributed by atoms with Gasteiger partial charge in [0.25, 0.3) is 0 Å². The third kappa shape index (κ3) is 6.55. The number of aromatic nitrogens is 1. The van der Waals surface area contributed by atoms with Crippen LogP contribution in [0, 0.1) is 0 Å². The summed E-state index contributed by atoms with van der Waals surface area (Å²) in [7, 11) is 1.62. The second-order valence-electron chi connectivity index (χ2n) is 4.61. The fraction of sp³-hybridized carbons (Fsp3) is 0.333. The Labute approximate surface area is 147 Å². The minimum atomic E-state index is -0.213. The second-order valence-corrected chi connectivity index (χ2v) is 6.52. The summed E-state index contributed by atoms with van der Waals surface area (Å²) in [5, 5.41) is 7.58. The lowest BCUT2D eigenvalue weighted by atomic mass is 10.3. The predicted molar refractivity (Wildman–Crippen MR) is 92.7 cm³/mol. The van der Waals surface area contributed by atoms with Crippen LogP contribution >= 0.6 is 27.3 Å². The Balaban J connectivity index is 1.69. The molecule has 0 aliphatic heterocycles. The van der Waals surface area contributed by atoms with Crippen molar-refractivity contribution in [2.45, 2.75) is 13.1 Å². The molecule has 0 aliphatic carbocycles. The molecule has 2 amide bonds. The van der Waals surface area contributed by atoms with Crippen molar-refractivity contribution in [2.75, 3.05) is 20.3 Å². The summed E-state index contributed by atoms with van der Waals surface area (Å²) in [6.07, 6.45) is 1.68. The molecule has 0 radical (unpaired) electrons. The summed E-state index contributed by atoms with van der Waals surface area (Å²) in [5.41, 5.74) is 0.901. The van der Waals surface area contributed by atoms with Crippen molar-refractivity contribution in [3.05, 3.63) is 44.7 Å². The number of halogens is 1. The Morgan fingerprint density at radius 2 is 2.13 bits per heavy atom. The zero-order valence-corrected chi connectivity index (χ0v) is 15.1. The number of rotatable bonds is 8. The van der Waals surface area contributed by atoms with Crippen molar-refractivity contribution in [3.8, 4) is 5.88 Å². The summed E-state index contributed by atoms with van der Waals surface area (Å²) >= 11 is 4.98. The van der Waals surface area contributed by atoms with Gasteiger partial charge in [0, 0.05) is 40.6 Å². The molecular formula is C15H18BrN3O3S. The van der Waals surface area contributed by atoms with Gasteiger partial charge in [-0.2, -0.15) is 0 Å². The van der Waals surface area contributed by atoms with E-state index in [9.17, 15) is 4.79 Å². The van der Waals surface area contributed by atoms with Crippen molar-refractivity contribution in [1.82, 2.24) is 15.6 Å². The molecule has 2 aromatic rings. The molecule has 8 heteroatoms. The number of hydrogen-bond donors (Lipinski definition) is 2. The smallest absolute Gasteiger partial charge is 0.315 e. The van der Waals surface area contributed by atoms with Crippen LogP contribution in [0.2, 0.25) is 0 Å². The standard InChI is InChI=1S/C15H18BrN3O3S/c1-21-4-5-22-14-3-2-11(7-17-14)8-18-15(20)19-9-13-6-12(16)10-23-13/h2-3,6-7,10H,4-5,8-9H2,1H3,(H2,18,19,20). The molecule has 124 valence electrons. The maximum absolute atomic E-state index is 11.7. The number of nitrogens with zero attached hydrogens (tertiary/aromatic N) is 1. The van der Waals surface area contributed by atoms with Crippen molar-refractivity contribution in [2.24, 2.45) is 0 Å². The molecule has 0 saturated carbocycles. The zero-order chi connectivity index (χ0) is 16.5. The van der Waals surface area contributed by atoms with E-state index in [2.05, 4.69) is 31.5 Å². The molecule has 0 unspecified atom stereocenters. The summed E-state index contributed by atoms with van der Waals surface area (Å²) in [4.78, 5) is 17.0. The molecule has 0 atom stereocenters. The maximum atomic E-state index is 11.7. The number of ether oxygens (including phenoxy) is 2. The lowest BCUT2D eigenvalue weighted by Crippen LogP contribution is -2.34. The maximum Gasteiger partial charge on any atom is 0.315 e. The molecule has 2 N–H and O–H groups in total. The molecule has 0 fully saturated rings. The van der Waals surface area contributed by atoms with Gasteiger partial charge in [0.1, 0.15) is 6.61 Å². The monoisotopic (exact) mass is 399 g/mol. The third-order valence-corrected chi connectivity index (χ3v) is 4.53. The van der Waals surface area contributed by atoms with Crippen molar-refractivity contribution in [1.29, 1.82) is 0 Å². The average molecular weight is 400 g/mol. The first kappa shape index (κ1) is 17.7. The third-order valence-electron chi connectivity index (χ3n) is 2.83. The lowest BCUT2D eigenvalue weighted by molar-refractivity contribution is 0.143.